The van der Waals surface area contributed by atoms with Gasteiger partial charge in [-0.25, -0.2) is 0 Å². The van der Waals surface area contributed by atoms with Crippen LogP contribution in [0.25, 0.3) is 0 Å². The summed E-state index contributed by atoms with van der Waals surface area (Å²) < 4.78 is 17.8. The first-order valence-corrected chi connectivity index (χ1v) is 15.2. The van der Waals surface area contributed by atoms with Gasteiger partial charge in [0.2, 0.25) is 0 Å². The van der Waals surface area contributed by atoms with Crippen molar-refractivity contribution < 1.29 is 4.39 Å². The van der Waals surface area contributed by atoms with E-state index < -0.39 is 0 Å². The van der Waals surface area contributed by atoms with Crippen LogP contribution in [0.5, 0.6) is 0 Å². The molecule has 1 aliphatic heterocycles. The highest BCUT2D eigenvalue weighted by Gasteiger charge is 2.49. The van der Waals surface area contributed by atoms with E-state index in [0.717, 1.165) is 48.6 Å². The van der Waals surface area contributed by atoms with E-state index in [-0.39, 0.29) is 22.1 Å². The zero-order chi connectivity index (χ0) is 27.5. The lowest BCUT2D eigenvalue weighted by Gasteiger charge is -2.41. The maximum atomic E-state index is 13.9. The molecule has 4 heterocycles. The van der Waals surface area contributed by atoms with Crippen LogP contribution < -0.4 is 4.72 Å². The fraction of sp³-hybridized carbons (Fsp3) is 0.375. The van der Waals surface area contributed by atoms with E-state index in [0.29, 0.717) is 0 Å². The molecule has 0 bridgehead atoms. The SMILES string of the molecule is Cc1ccc(SNC(c2ccccn2)C2(CCc3ccc(F)s3)CCN(C(C)(C)c3ccc(C)nc3)C2)cc1. The van der Waals surface area contributed by atoms with Crippen molar-refractivity contribution in [1.82, 2.24) is 19.6 Å². The Morgan fingerprint density at radius 3 is 2.54 bits per heavy atom. The topological polar surface area (TPSA) is 41.1 Å². The number of benzene rings is 1. The third-order valence-electron chi connectivity index (χ3n) is 8.20. The van der Waals surface area contributed by atoms with Gasteiger partial charge in [0.25, 0.3) is 0 Å². The van der Waals surface area contributed by atoms with Crippen molar-refractivity contribution in [1.29, 1.82) is 0 Å². The third-order valence-corrected chi connectivity index (χ3v) is 10.00. The van der Waals surface area contributed by atoms with Crippen molar-refractivity contribution in [3.05, 3.63) is 112 Å². The molecule has 204 valence electrons. The summed E-state index contributed by atoms with van der Waals surface area (Å²) in [6, 6.07) is 22.7. The summed E-state index contributed by atoms with van der Waals surface area (Å²) in [5.74, 6) is 0. The Bertz CT molecular complexity index is 1360. The summed E-state index contributed by atoms with van der Waals surface area (Å²) in [5, 5.41) is -0.116. The summed E-state index contributed by atoms with van der Waals surface area (Å²) in [6.45, 7) is 10.6. The van der Waals surface area contributed by atoms with Gasteiger partial charge in [0.15, 0.2) is 5.13 Å². The molecule has 7 heteroatoms. The molecule has 39 heavy (non-hydrogen) atoms. The Kier molecular flexibility index (Phi) is 8.52. The lowest BCUT2D eigenvalue weighted by molar-refractivity contribution is 0.113. The van der Waals surface area contributed by atoms with Crippen molar-refractivity contribution >= 4 is 23.3 Å². The summed E-state index contributed by atoms with van der Waals surface area (Å²) in [5.41, 5.74) is 4.28. The van der Waals surface area contributed by atoms with Crippen molar-refractivity contribution in [2.45, 2.75) is 63.4 Å². The molecule has 5 rings (SSSR count). The average Bonchev–Trinajstić information content (AvgIpc) is 3.57. The molecular weight excluding hydrogens is 524 g/mol. The maximum absolute atomic E-state index is 13.9. The van der Waals surface area contributed by atoms with Gasteiger partial charge in [-0.05, 0) is 113 Å². The highest BCUT2D eigenvalue weighted by atomic mass is 32.2. The lowest BCUT2D eigenvalue weighted by atomic mass is 9.74. The first-order valence-electron chi connectivity index (χ1n) is 13.6. The maximum Gasteiger partial charge on any atom is 0.176 e. The van der Waals surface area contributed by atoms with Crippen molar-refractivity contribution in [2.75, 3.05) is 13.1 Å². The number of aromatic nitrogens is 2. The molecule has 0 aliphatic carbocycles. The van der Waals surface area contributed by atoms with Gasteiger partial charge in [0, 0.05) is 45.4 Å². The second-order valence-corrected chi connectivity index (χ2v) is 13.2. The number of nitrogens with one attached hydrogen (secondary N) is 1. The number of hydrogen-bond donors (Lipinski definition) is 1. The van der Waals surface area contributed by atoms with Gasteiger partial charge in [0.1, 0.15) is 0 Å². The monoisotopic (exact) mass is 560 g/mol. The van der Waals surface area contributed by atoms with E-state index in [4.69, 9.17) is 4.98 Å². The first-order chi connectivity index (χ1) is 18.7. The summed E-state index contributed by atoms with van der Waals surface area (Å²) >= 11 is 2.94. The molecule has 1 aromatic carbocycles. The van der Waals surface area contributed by atoms with Crippen LogP contribution in [0, 0.1) is 24.4 Å². The highest BCUT2D eigenvalue weighted by molar-refractivity contribution is 7.97. The predicted octanol–water partition coefficient (Wildman–Crippen LogP) is 7.89. The molecule has 0 spiro atoms. The van der Waals surface area contributed by atoms with Crippen molar-refractivity contribution in [2.24, 2.45) is 5.41 Å². The quantitative estimate of drug-likeness (QED) is 0.200. The van der Waals surface area contributed by atoms with Crippen LogP contribution in [0.4, 0.5) is 4.39 Å². The van der Waals surface area contributed by atoms with Gasteiger partial charge < -0.3 is 0 Å². The van der Waals surface area contributed by atoms with E-state index in [1.54, 1.807) is 18.0 Å². The van der Waals surface area contributed by atoms with Crippen molar-refractivity contribution in [3.63, 3.8) is 0 Å². The number of aryl methyl sites for hydroxylation is 3. The molecule has 4 nitrogen and oxygen atoms in total. The molecule has 2 atom stereocenters. The smallest absolute Gasteiger partial charge is 0.176 e. The number of thiophene rings is 1. The van der Waals surface area contributed by atoms with Gasteiger partial charge in [-0.1, -0.05) is 29.8 Å². The van der Waals surface area contributed by atoms with Crippen molar-refractivity contribution in [3.8, 4) is 0 Å². The molecule has 1 saturated heterocycles. The second-order valence-electron chi connectivity index (χ2n) is 11.2. The molecule has 0 saturated carbocycles. The predicted molar refractivity (Wildman–Crippen MR) is 160 cm³/mol. The van der Waals surface area contributed by atoms with E-state index >= 15 is 0 Å². The van der Waals surface area contributed by atoms with Crippen LogP contribution in [-0.2, 0) is 12.0 Å². The van der Waals surface area contributed by atoms with Gasteiger partial charge in [-0.15, -0.1) is 11.3 Å². The van der Waals surface area contributed by atoms with Gasteiger partial charge in [-0.3, -0.25) is 19.6 Å². The Hall–Kier alpha value is -2.58. The number of pyridine rings is 2. The zero-order valence-corrected chi connectivity index (χ0v) is 24.8. The van der Waals surface area contributed by atoms with E-state index in [9.17, 15) is 4.39 Å². The first kappa shape index (κ1) is 28.0. The van der Waals surface area contributed by atoms with Gasteiger partial charge >= 0.3 is 0 Å². The van der Waals surface area contributed by atoms with Crippen LogP contribution in [0.2, 0.25) is 0 Å². The Morgan fingerprint density at radius 1 is 1.05 bits per heavy atom. The lowest BCUT2D eigenvalue weighted by Crippen LogP contribution is -2.44. The minimum absolute atomic E-state index is 0.0201. The molecule has 1 aliphatic rings. The summed E-state index contributed by atoms with van der Waals surface area (Å²) in [7, 11) is 0. The average molecular weight is 561 g/mol. The minimum atomic E-state index is -0.170. The molecular formula is C32H37FN4S2. The molecule has 1 fully saturated rings. The molecule has 0 radical (unpaired) electrons. The Balaban J connectivity index is 1.48. The standard InChI is InChI=1S/C32H37FN4S2/c1-23-8-12-27(13-9-23)39-36-30(28-7-5-6-19-34-28)32(17-16-26-14-15-29(33)38-26)18-20-37(22-32)31(3,4)25-11-10-24(2)35-21-25/h5-15,19,21,30,36H,16-18,20,22H2,1-4H3. The summed E-state index contributed by atoms with van der Waals surface area (Å²) in [6.07, 6.45) is 6.71. The molecule has 2 unspecified atom stereocenters. The number of nitrogens with zero attached hydrogens (tertiary/aromatic N) is 3. The minimum Gasteiger partial charge on any atom is -0.293 e. The Morgan fingerprint density at radius 2 is 1.87 bits per heavy atom. The van der Waals surface area contributed by atoms with Crippen LogP contribution in [-0.4, -0.2) is 28.0 Å². The third kappa shape index (κ3) is 6.43. The van der Waals surface area contributed by atoms with Gasteiger partial charge in [0.05, 0.1) is 11.7 Å². The summed E-state index contributed by atoms with van der Waals surface area (Å²) in [4.78, 5) is 14.3. The number of likely N-dealkylation sites (tertiary alicyclic amines) is 1. The normalized spacial score (nSPS) is 18.9. The zero-order valence-electron chi connectivity index (χ0n) is 23.2. The fourth-order valence-electron chi connectivity index (χ4n) is 5.61. The number of halogens is 1. The van der Waals surface area contributed by atoms with Crippen LogP contribution >= 0.6 is 23.3 Å². The molecule has 0 amide bonds. The van der Waals surface area contributed by atoms with Crippen LogP contribution in [0.3, 0.4) is 0 Å². The van der Waals surface area contributed by atoms with Gasteiger partial charge in [-0.2, -0.15) is 4.39 Å². The molecule has 4 aromatic rings. The molecule has 3 aromatic heterocycles. The van der Waals surface area contributed by atoms with E-state index in [1.807, 2.05) is 31.5 Å². The largest absolute Gasteiger partial charge is 0.293 e. The highest BCUT2D eigenvalue weighted by Crippen LogP contribution is 2.49. The van der Waals surface area contributed by atoms with Crippen LogP contribution in [0.15, 0.2) is 84.0 Å². The fourth-order valence-corrected chi connectivity index (χ4v) is 7.23. The van der Waals surface area contributed by atoms with Crippen LogP contribution in [0.1, 0.15) is 60.1 Å². The number of rotatable bonds is 10. The molecule has 1 N–H and O–H groups in total. The number of hydrogen-bond acceptors (Lipinski definition) is 6. The second kappa shape index (κ2) is 11.9. The Labute approximate surface area is 240 Å². The van der Waals surface area contributed by atoms with E-state index in [2.05, 4.69) is 83.9 Å². The van der Waals surface area contributed by atoms with E-state index in [1.165, 1.54) is 27.4 Å².